The first kappa shape index (κ1) is 20.3. The van der Waals surface area contributed by atoms with Crippen LogP contribution in [0.15, 0.2) is 24.4 Å². The van der Waals surface area contributed by atoms with Crippen LogP contribution >= 0.6 is 0 Å². The van der Waals surface area contributed by atoms with Gasteiger partial charge in [-0.1, -0.05) is 0 Å². The first-order chi connectivity index (χ1) is 13.3. The number of aryl methyl sites for hydroxylation is 1. The number of amides is 1. The Labute approximate surface area is 167 Å². The largest absolute Gasteiger partial charge is 0.384 e. The molecule has 0 unspecified atom stereocenters. The summed E-state index contributed by atoms with van der Waals surface area (Å²) in [6.45, 7) is 1.69. The normalized spacial score (nSPS) is 19.8. The molecule has 0 bridgehead atoms. The number of nitrogens with zero attached hydrogens (tertiary/aromatic N) is 5. The number of hydrogen-bond donors (Lipinski definition) is 1. The molecule has 0 saturated heterocycles. The molecule has 0 radical (unpaired) electrons. The molecule has 0 aromatic carbocycles. The summed E-state index contributed by atoms with van der Waals surface area (Å²) < 4.78 is 2.01. The predicted octanol–water partition coefficient (Wildman–Crippen LogP) is 2.50. The molecule has 1 saturated carbocycles. The molecule has 0 spiro atoms. The Hall–Kier alpha value is -2.41. The number of hydrogen-bond acceptors (Lipinski definition) is 5. The molecule has 3 rings (SSSR count). The topological polar surface area (TPSA) is 80.3 Å². The summed E-state index contributed by atoms with van der Waals surface area (Å²) in [6.07, 6.45) is 6.07. The van der Waals surface area contributed by atoms with Crippen LogP contribution in [-0.4, -0.2) is 58.2 Å². The Morgan fingerprint density at radius 1 is 1.21 bits per heavy atom. The zero-order valence-corrected chi connectivity index (χ0v) is 17.4. The van der Waals surface area contributed by atoms with Gasteiger partial charge in [-0.2, -0.15) is 5.10 Å². The molecule has 2 aromatic heterocycles. The van der Waals surface area contributed by atoms with Crippen LogP contribution in [-0.2, 0) is 13.6 Å². The van der Waals surface area contributed by atoms with Crippen molar-refractivity contribution in [2.24, 2.45) is 13.0 Å². The van der Waals surface area contributed by atoms with Crippen LogP contribution in [0, 0.1) is 5.92 Å². The van der Waals surface area contributed by atoms with Crippen molar-refractivity contribution in [2.45, 2.75) is 38.1 Å². The van der Waals surface area contributed by atoms with Crippen molar-refractivity contribution in [3.05, 3.63) is 41.3 Å². The average Bonchev–Trinajstić information content (AvgIpc) is 3.02. The molecule has 7 nitrogen and oxygen atoms in total. The third kappa shape index (κ3) is 4.90. The van der Waals surface area contributed by atoms with Crippen LogP contribution in [0.1, 0.15) is 53.3 Å². The summed E-state index contributed by atoms with van der Waals surface area (Å²) in [5.74, 6) is 1.51. The van der Waals surface area contributed by atoms with Crippen LogP contribution in [0.2, 0.25) is 0 Å². The maximum Gasteiger partial charge on any atom is 0.255 e. The van der Waals surface area contributed by atoms with Gasteiger partial charge in [0.15, 0.2) is 0 Å². The Morgan fingerprint density at radius 3 is 2.54 bits per heavy atom. The first-order valence-corrected chi connectivity index (χ1v) is 9.98. The predicted molar refractivity (Wildman–Crippen MR) is 111 cm³/mol. The Bertz CT molecular complexity index is 790. The number of nitrogens with two attached hydrogens (primary N) is 1. The van der Waals surface area contributed by atoms with E-state index in [-0.39, 0.29) is 5.91 Å². The van der Waals surface area contributed by atoms with Crippen LogP contribution in [0.25, 0.3) is 0 Å². The lowest BCUT2D eigenvalue weighted by molar-refractivity contribution is 0.0757. The molecule has 0 atom stereocenters. The summed E-state index contributed by atoms with van der Waals surface area (Å²) in [5, 5.41) is 4.76. The number of rotatable bonds is 6. The van der Waals surface area contributed by atoms with Crippen molar-refractivity contribution in [1.29, 1.82) is 0 Å². The fourth-order valence-corrected chi connectivity index (χ4v) is 4.07. The van der Waals surface area contributed by atoms with E-state index in [1.807, 2.05) is 23.7 Å². The Kier molecular flexibility index (Phi) is 6.34. The monoisotopic (exact) mass is 384 g/mol. The van der Waals surface area contributed by atoms with Gasteiger partial charge in [-0.3, -0.25) is 9.48 Å². The van der Waals surface area contributed by atoms with E-state index < -0.39 is 0 Å². The molecule has 1 fully saturated rings. The van der Waals surface area contributed by atoms with Crippen molar-refractivity contribution < 1.29 is 4.79 Å². The fraction of sp³-hybridized carbons (Fsp3) is 0.571. The molecule has 0 aliphatic heterocycles. The number of pyridine rings is 1. The minimum absolute atomic E-state index is 0.00711. The molecule has 1 aliphatic carbocycles. The molecular weight excluding hydrogens is 352 g/mol. The first-order valence-electron chi connectivity index (χ1n) is 9.98. The highest BCUT2D eigenvalue weighted by atomic mass is 16.2. The van der Waals surface area contributed by atoms with E-state index in [1.54, 1.807) is 18.3 Å². The highest BCUT2D eigenvalue weighted by Gasteiger charge is 2.26. The van der Waals surface area contributed by atoms with Gasteiger partial charge in [0, 0.05) is 39.3 Å². The van der Waals surface area contributed by atoms with E-state index in [4.69, 9.17) is 10.8 Å². The van der Waals surface area contributed by atoms with Gasteiger partial charge >= 0.3 is 0 Å². The minimum atomic E-state index is 0.00711. The van der Waals surface area contributed by atoms with Gasteiger partial charge in [-0.05, 0) is 63.9 Å². The smallest absolute Gasteiger partial charge is 0.255 e. The number of carbonyl (C=O) groups is 1. The lowest BCUT2D eigenvalue weighted by atomic mass is 9.80. The molecule has 28 heavy (non-hydrogen) atoms. The van der Waals surface area contributed by atoms with Crippen molar-refractivity contribution >= 4 is 11.7 Å². The molecule has 2 N–H and O–H groups in total. The van der Waals surface area contributed by atoms with Crippen molar-refractivity contribution in [2.75, 3.05) is 33.4 Å². The minimum Gasteiger partial charge on any atom is -0.384 e. The van der Waals surface area contributed by atoms with Crippen LogP contribution in [0.5, 0.6) is 0 Å². The average molecular weight is 385 g/mol. The SMILES string of the molecule is CN(C)Cc1cc(C2CCC(CN(C)C(=O)c3ccc(N)nc3)CC2)nn1C. The number of anilines is 1. The van der Waals surface area contributed by atoms with E-state index in [1.165, 1.54) is 11.4 Å². The highest BCUT2D eigenvalue weighted by molar-refractivity contribution is 5.93. The summed E-state index contributed by atoms with van der Waals surface area (Å²) in [5.41, 5.74) is 8.66. The molecular formula is C21H32N6O. The lowest BCUT2D eigenvalue weighted by Gasteiger charge is -2.30. The van der Waals surface area contributed by atoms with Gasteiger partial charge in [0.05, 0.1) is 17.0 Å². The molecule has 152 valence electrons. The summed E-state index contributed by atoms with van der Waals surface area (Å²) in [6, 6.07) is 5.67. The number of aromatic nitrogens is 3. The second-order valence-corrected chi connectivity index (χ2v) is 8.30. The van der Waals surface area contributed by atoms with Crippen molar-refractivity contribution in [1.82, 2.24) is 24.6 Å². The van der Waals surface area contributed by atoms with E-state index in [0.29, 0.717) is 23.2 Å². The van der Waals surface area contributed by atoms with E-state index in [0.717, 1.165) is 38.8 Å². The van der Waals surface area contributed by atoms with Crippen molar-refractivity contribution in [3.63, 3.8) is 0 Å². The Morgan fingerprint density at radius 2 is 1.93 bits per heavy atom. The zero-order valence-electron chi connectivity index (χ0n) is 17.4. The van der Waals surface area contributed by atoms with Gasteiger partial charge in [0.1, 0.15) is 5.82 Å². The zero-order chi connectivity index (χ0) is 20.3. The van der Waals surface area contributed by atoms with Gasteiger partial charge in [0.2, 0.25) is 0 Å². The maximum absolute atomic E-state index is 12.6. The standard InChI is InChI=1S/C21H32N6O/c1-25(2)14-18-11-19(24-27(18)4)16-7-5-15(6-8-16)13-26(3)21(28)17-9-10-20(22)23-12-17/h9-12,15-16H,5-8,13-14H2,1-4H3,(H2,22,23). The Balaban J connectivity index is 1.52. The highest BCUT2D eigenvalue weighted by Crippen LogP contribution is 2.35. The third-order valence-electron chi connectivity index (χ3n) is 5.65. The van der Waals surface area contributed by atoms with E-state index in [2.05, 4.69) is 30.0 Å². The van der Waals surface area contributed by atoms with Crippen molar-refractivity contribution in [3.8, 4) is 0 Å². The molecule has 2 aromatic rings. The van der Waals surface area contributed by atoms with Gasteiger partial charge in [-0.25, -0.2) is 4.98 Å². The van der Waals surface area contributed by atoms with Crippen LogP contribution in [0.3, 0.4) is 0 Å². The lowest BCUT2D eigenvalue weighted by Crippen LogP contribution is -2.33. The van der Waals surface area contributed by atoms with E-state index >= 15 is 0 Å². The quantitative estimate of drug-likeness (QED) is 0.828. The van der Waals surface area contributed by atoms with Crippen LogP contribution in [0.4, 0.5) is 5.82 Å². The number of nitrogen functional groups attached to an aromatic ring is 1. The summed E-state index contributed by atoms with van der Waals surface area (Å²) in [4.78, 5) is 20.6. The molecule has 2 heterocycles. The van der Waals surface area contributed by atoms with Crippen LogP contribution < -0.4 is 5.73 Å². The van der Waals surface area contributed by atoms with Gasteiger partial charge in [0.25, 0.3) is 5.91 Å². The van der Waals surface area contributed by atoms with Gasteiger partial charge in [-0.15, -0.1) is 0 Å². The second-order valence-electron chi connectivity index (χ2n) is 8.30. The fourth-order valence-electron chi connectivity index (χ4n) is 4.07. The molecule has 1 amide bonds. The molecule has 7 heteroatoms. The molecule has 1 aliphatic rings. The van der Waals surface area contributed by atoms with Gasteiger partial charge < -0.3 is 15.5 Å². The maximum atomic E-state index is 12.6. The summed E-state index contributed by atoms with van der Waals surface area (Å²) >= 11 is 0. The summed E-state index contributed by atoms with van der Waals surface area (Å²) in [7, 11) is 8.06. The number of carbonyl (C=O) groups excluding carboxylic acids is 1. The third-order valence-corrected chi connectivity index (χ3v) is 5.65. The second kappa shape index (κ2) is 8.73. The van der Waals surface area contributed by atoms with E-state index in [9.17, 15) is 4.79 Å².